The van der Waals surface area contributed by atoms with Gasteiger partial charge in [0.1, 0.15) is 5.75 Å². The van der Waals surface area contributed by atoms with Crippen LogP contribution < -0.4 is 4.74 Å². The number of ether oxygens (including phenoxy) is 1. The molecule has 5 nitrogen and oxygen atoms in total. The molecule has 2 aromatic carbocycles. The van der Waals surface area contributed by atoms with Crippen molar-refractivity contribution in [2.45, 2.75) is 49.4 Å². The van der Waals surface area contributed by atoms with Crippen LogP contribution in [0.5, 0.6) is 5.75 Å². The third-order valence-corrected chi connectivity index (χ3v) is 8.76. The molecule has 1 saturated carbocycles. The normalized spacial score (nSPS) is 21.6. The van der Waals surface area contributed by atoms with Crippen molar-refractivity contribution in [1.29, 1.82) is 0 Å². The van der Waals surface area contributed by atoms with Crippen LogP contribution >= 0.6 is 11.6 Å². The Morgan fingerprint density at radius 3 is 2.47 bits per heavy atom. The quantitative estimate of drug-likeness (QED) is 0.469. The fourth-order valence-electron chi connectivity index (χ4n) is 4.52. The highest BCUT2D eigenvalue weighted by molar-refractivity contribution is 7.89. The Labute approximate surface area is 203 Å². The van der Waals surface area contributed by atoms with Crippen LogP contribution in [0.2, 0.25) is 5.02 Å². The predicted octanol–water partition coefficient (Wildman–Crippen LogP) is 5.43. The maximum Gasteiger partial charge on any atom is 0.416 e. The SMILES string of the molecule is CN(CC1CC(Oc2cccc(CN3CCCC3)c2Cl)C1)S(=O)(=O)c1cccc(C(F)(F)F)c1. The molecule has 0 aromatic heterocycles. The molecule has 10 heteroatoms. The number of alkyl halides is 3. The minimum Gasteiger partial charge on any atom is -0.489 e. The van der Waals surface area contributed by atoms with E-state index in [-0.39, 0.29) is 23.5 Å². The van der Waals surface area contributed by atoms with Gasteiger partial charge in [0.15, 0.2) is 0 Å². The summed E-state index contributed by atoms with van der Waals surface area (Å²) in [4.78, 5) is 2.00. The summed E-state index contributed by atoms with van der Waals surface area (Å²) in [5.74, 6) is 0.689. The number of sulfonamides is 1. The first-order valence-electron chi connectivity index (χ1n) is 11.3. The van der Waals surface area contributed by atoms with Crippen molar-refractivity contribution in [1.82, 2.24) is 9.21 Å². The molecule has 1 aliphatic heterocycles. The van der Waals surface area contributed by atoms with Crippen molar-refractivity contribution < 1.29 is 26.3 Å². The molecule has 0 radical (unpaired) electrons. The Hall–Kier alpha value is -1.81. The second-order valence-corrected chi connectivity index (χ2v) is 11.5. The lowest BCUT2D eigenvalue weighted by Gasteiger charge is -2.37. The van der Waals surface area contributed by atoms with E-state index in [1.54, 1.807) is 0 Å². The third-order valence-electron chi connectivity index (χ3n) is 6.51. The van der Waals surface area contributed by atoms with Crippen molar-refractivity contribution in [3.8, 4) is 5.75 Å². The number of hydrogen-bond donors (Lipinski definition) is 0. The molecule has 0 spiro atoms. The molecule has 4 rings (SSSR count). The van der Waals surface area contributed by atoms with Crippen molar-refractivity contribution in [3.63, 3.8) is 0 Å². The molecule has 0 amide bonds. The van der Waals surface area contributed by atoms with E-state index in [0.29, 0.717) is 29.7 Å². The number of likely N-dealkylation sites (tertiary alicyclic amines) is 1. The molecule has 0 N–H and O–H groups in total. The smallest absolute Gasteiger partial charge is 0.416 e. The molecular weight excluding hydrogens is 489 g/mol. The van der Waals surface area contributed by atoms with Gasteiger partial charge in [0.25, 0.3) is 0 Å². The zero-order chi connectivity index (χ0) is 24.5. The molecule has 2 aliphatic rings. The van der Waals surface area contributed by atoms with E-state index in [4.69, 9.17) is 16.3 Å². The van der Waals surface area contributed by atoms with E-state index < -0.39 is 21.8 Å². The molecule has 0 atom stereocenters. The highest BCUT2D eigenvalue weighted by atomic mass is 35.5. The van der Waals surface area contributed by atoms with E-state index in [2.05, 4.69) is 4.90 Å². The van der Waals surface area contributed by atoms with Gasteiger partial charge in [-0.05, 0) is 74.5 Å². The first-order valence-corrected chi connectivity index (χ1v) is 13.2. The summed E-state index contributed by atoms with van der Waals surface area (Å²) in [5, 5.41) is 0.613. The topological polar surface area (TPSA) is 49.9 Å². The Bertz CT molecular complexity index is 1110. The first kappa shape index (κ1) is 25.3. The Morgan fingerprint density at radius 1 is 1.12 bits per heavy atom. The summed E-state index contributed by atoms with van der Waals surface area (Å²) in [6, 6.07) is 9.60. The van der Waals surface area contributed by atoms with Gasteiger partial charge in [0.2, 0.25) is 10.0 Å². The maximum absolute atomic E-state index is 13.0. The fourth-order valence-corrected chi connectivity index (χ4v) is 6.05. The summed E-state index contributed by atoms with van der Waals surface area (Å²) in [7, 11) is -2.64. The van der Waals surface area contributed by atoms with Gasteiger partial charge < -0.3 is 4.74 Å². The lowest BCUT2D eigenvalue weighted by atomic mass is 9.82. The minimum absolute atomic E-state index is 0.0575. The molecule has 0 unspecified atom stereocenters. The van der Waals surface area contributed by atoms with E-state index >= 15 is 0 Å². The maximum atomic E-state index is 13.0. The van der Waals surface area contributed by atoms with Gasteiger partial charge in [0, 0.05) is 20.1 Å². The molecule has 2 fully saturated rings. The van der Waals surface area contributed by atoms with Gasteiger partial charge in [-0.15, -0.1) is 0 Å². The molecule has 34 heavy (non-hydrogen) atoms. The number of hydrogen-bond acceptors (Lipinski definition) is 4. The van der Waals surface area contributed by atoms with E-state index in [9.17, 15) is 21.6 Å². The highest BCUT2D eigenvalue weighted by Crippen LogP contribution is 2.37. The molecule has 0 bridgehead atoms. The van der Waals surface area contributed by atoms with Crippen LogP contribution in [0, 0.1) is 5.92 Å². The monoisotopic (exact) mass is 516 g/mol. The Balaban J connectivity index is 1.32. The fraction of sp³-hybridized carbons (Fsp3) is 0.500. The lowest BCUT2D eigenvalue weighted by Crippen LogP contribution is -2.42. The molecule has 2 aromatic rings. The van der Waals surface area contributed by atoms with Crippen LogP contribution in [0.1, 0.15) is 36.8 Å². The minimum atomic E-state index is -4.60. The van der Waals surface area contributed by atoms with E-state index in [1.807, 2.05) is 18.2 Å². The predicted molar refractivity (Wildman–Crippen MR) is 124 cm³/mol. The number of rotatable bonds is 8. The number of nitrogens with zero attached hydrogens (tertiary/aromatic N) is 2. The van der Waals surface area contributed by atoms with Crippen LogP contribution in [0.4, 0.5) is 13.2 Å². The second kappa shape index (κ2) is 10.0. The molecular formula is C24H28ClF3N2O3S. The summed E-state index contributed by atoms with van der Waals surface area (Å²) in [6.45, 7) is 3.15. The average molecular weight is 517 g/mol. The van der Waals surface area contributed by atoms with Crippen LogP contribution in [-0.4, -0.2) is 50.4 Å². The third kappa shape index (κ3) is 5.70. The van der Waals surface area contributed by atoms with Gasteiger partial charge in [-0.2, -0.15) is 13.2 Å². The summed E-state index contributed by atoms with van der Waals surface area (Å²) in [5.41, 5.74) is 0.0479. The lowest BCUT2D eigenvalue weighted by molar-refractivity contribution is -0.137. The van der Waals surface area contributed by atoms with Gasteiger partial charge in [-0.3, -0.25) is 4.90 Å². The van der Waals surface area contributed by atoms with Gasteiger partial charge in [0.05, 0.1) is 21.6 Å². The number of benzene rings is 2. The summed E-state index contributed by atoms with van der Waals surface area (Å²) in [6.07, 6.45) is -0.973. The largest absolute Gasteiger partial charge is 0.489 e. The first-order chi connectivity index (χ1) is 16.0. The number of halogens is 4. The van der Waals surface area contributed by atoms with Gasteiger partial charge in [-0.25, -0.2) is 12.7 Å². The van der Waals surface area contributed by atoms with Crippen LogP contribution in [0.25, 0.3) is 0 Å². The van der Waals surface area contributed by atoms with Crippen molar-refractivity contribution in [2.24, 2.45) is 5.92 Å². The zero-order valence-corrected chi connectivity index (χ0v) is 20.5. The Kier molecular flexibility index (Phi) is 7.47. The van der Waals surface area contributed by atoms with Crippen molar-refractivity contribution in [3.05, 3.63) is 58.6 Å². The summed E-state index contributed by atoms with van der Waals surface area (Å²) >= 11 is 6.59. The van der Waals surface area contributed by atoms with Crippen molar-refractivity contribution in [2.75, 3.05) is 26.7 Å². The van der Waals surface area contributed by atoms with Crippen LogP contribution in [0.3, 0.4) is 0 Å². The molecule has 1 saturated heterocycles. The summed E-state index contributed by atoms with van der Waals surface area (Å²) < 4.78 is 71.7. The van der Waals surface area contributed by atoms with E-state index in [0.717, 1.165) is 41.6 Å². The molecule has 1 heterocycles. The highest BCUT2D eigenvalue weighted by Gasteiger charge is 2.36. The standard InChI is InChI=1S/C24H28ClF3N2O3S/c1-29(34(31,32)21-8-5-7-19(14-21)24(26,27)28)15-17-12-20(13-17)33-22-9-4-6-18(23(22)25)16-30-10-2-3-11-30/h4-9,14,17,20H,2-3,10-13,15-16H2,1H3. The van der Waals surface area contributed by atoms with Gasteiger partial charge in [-0.1, -0.05) is 29.8 Å². The molecule has 1 aliphatic carbocycles. The van der Waals surface area contributed by atoms with Crippen LogP contribution in [-0.2, 0) is 22.7 Å². The second-order valence-electron chi connectivity index (χ2n) is 9.10. The average Bonchev–Trinajstić information content (AvgIpc) is 3.27. The van der Waals surface area contributed by atoms with Crippen molar-refractivity contribution >= 4 is 21.6 Å². The zero-order valence-electron chi connectivity index (χ0n) is 18.9. The van der Waals surface area contributed by atoms with Gasteiger partial charge >= 0.3 is 6.18 Å². The van der Waals surface area contributed by atoms with Crippen LogP contribution in [0.15, 0.2) is 47.4 Å². The van der Waals surface area contributed by atoms with E-state index in [1.165, 1.54) is 26.0 Å². The Morgan fingerprint density at radius 2 is 1.79 bits per heavy atom. The molecule has 186 valence electrons.